The quantitative estimate of drug-likeness (QED) is 0.612. The zero-order valence-corrected chi connectivity index (χ0v) is 16.3. The molecule has 8 nitrogen and oxygen atoms in total. The average Bonchev–Trinajstić information content (AvgIpc) is 3.29. The predicted molar refractivity (Wildman–Crippen MR) is 106 cm³/mol. The lowest BCUT2D eigenvalue weighted by Gasteiger charge is -2.19. The number of pyridine rings is 1. The Morgan fingerprint density at radius 2 is 2.00 bits per heavy atom. The topological polar surface area (TPSA) is 123 Å². The fourth-order valence-corrected chi connectivity index (χ4v) is 5.96. The minimum atomic E-state index is -3.57. The fourth-order valence-electron chi connectivity index (χ4n) is 4.11. The number of hydrogen-bond acceptors (Lipinski definition) is 5. The molecular weight excluding hydrogens is 382 g/mol. The van der Waals surface area contributed by atoms with Gasteiger partial charge in [0.15, 0.2) is 9.84 Å². The highest BCUT2D eigenvalue weighted by atomic mass is 32.2. The molecule has 1 fully saturated rings. The van der Waals surface area contributed by atoms with Crippen LogP contribution in [0.25, 0.3) is 21.8 Å². The first-order valence-corrected chi connectivity index (χ1v) is 10.6. The van der Waals surface area contributed by atoms with Crippen LogP contribution in [0.4, 0.5) is 0 Å². The second-order valence-electron chi connectivity index (χ2n) is 7.52. The highest BCUT2D eigenvalue weighted by molar-refractivity contribution is 7.92. The van der Waals surface area contributed by atoms with Gasteiger partial charge in [0.05, 0.1) is 15.7 Å². The maximum Gasteiger partial charge on any atom is 0.337 e. The number of nitrogens with one attached hydrogen (secondary N) is 2. The molecule has 2 heterocycles. The Kier molecular flexibility index (Phi) is 4.31. The molecule has 3 aromatic rings. The largest absolute Gasteiger partial charge is 0.478 e. The van der Waals surface area contributed by atoms with E-state index in [1.54, 1.807) is 0 Å². The van der Waals surface area contributed by atoms with Crippen molar-refractivity contribution in [3.63, 3.8) is 0 Å². The van der Waals surface area contributed by atoms with Crippen molar-refractivity contribution in [3.8, 4) is 0 Å². The van der Waals surface area contributed by atoms with Crippen molar-refractivity contribution in [1.29, 1.82) is 0 Å². The van der Waals surface area contributed by atoms with E-state index in [0.29, 0.717) is 23.7 Å². The number of nitrogens with zero attached hydrogens (tertiary/aromatic N) is 1. The monoisotopic (exact) mass is 403 g/mol. The number of sulfone groups is 1. The number of carboxylic acid groups (broad SMARTS) is 1. The molecule has 0 saturated heterocycles. The first-order valence-electron chi connectivity index (χ1n) is 9.01. The molecule has 0 radical (unpaired) electrons. The Labute approximate surface area is 161 Å². The van der Waals surface area contributed by atoms with E-state index in [2.05, 4.69) is 9.97 Å². The molecule has 0 amide bonds. The molecule has 0 bridgehead atoms. The lowest BCUT2D eigenvalue weighted by molar-refractivity contribution is 0.0699. The number of rotatable bonds is 4. The van der Waals surface area contributed by atoms with Gasteiger partial charge in [-0.25, -0.2) is 13.2 Å². The number of aromatic carboxylic acids is 1. The molecule has 148 valence electrons. The smallest absolute Gasteiger partial charge is 0.337 e. The highest BCUT2D eigenvalue weighted by Gasteiger charge is 2.36. The number of carbonyl (C=O) groups is 1. The van der Waals surface area contributed by atoms with Crippen molar-refractivity contribution >= 4 is 37.6 Å². The summed E-state index contributed by atoms with van der Waals surface area (Å²) in [5.41, 5.74) is 0.00790. The zero-order valence-electron chi connectivity index (χ0n) is 15.5. The second-order valence-corrected chi connectivity index (χ2v) is 9.74. The molecule has 2 aromatic heterocycles. The number of aromatic nitrogens is 2. The van der Waals surface area contributed by atoms with Crippen LogP contribution in [-0.4, -0.2) is 59.7 Å². The lowest BCUT2D eigenvalue weighted by atomic mass is 10.1. The van der Waals surface area contributed by atoms with Gasteiger partial charge in [-0.3, -0.25) is 4.79 Å². The van der Waals surface area contributed by atoms with E-state index >= 15 is 0 Å². The summed E-state index contributed by atoms with van der Waals surface area (Å²) in [6, 6.07) is 4.72. The van der Waals surface area contributed by atoms with Gasteiger partial charge < -0.3 is 20.0 Å². The summed E-state index contributed by atoms with van der Waals surface area (Å²) in [7, 11) is 0.325. The Morgan fingerprint density at radius 1 is 1.25 bits per heavy atom. The van der Waals surface area contributed by atoms with Crippen molar-refractivity contribution in [2.75, 3.05) is 14.1 Å². The summed E-state index contributed by atoms with van der Waals surface area (Å²) < 4.78 is 26.4. The Morgan fingerprint density at radius 3 is 2.64 bits per heavy atom. The Bertz CT molecular complexity index is 1260. The standard InChI is InChI=1S/C19H21N3O5S/c1-22(2)10-3-4-11(7-10)28(26,27)12-5-6-15-13(8-12)16-14(19(24)25)9-20-17(16)18(23)21-15/h5-6,8-11,20H,3-4,7H2,1-2H3,(H,21,23)(H,24,25)/t10?,11-/m1/s1. The molecule has 9 heteroatoms. The summed E-state index contributed by atoms with van der Waals surface area (Å²) in [6.07, 6.45) is 3.23. The maximum absolute atomic E-state index is 13.2. The number of benzene rings is 1. The van der Waals surface area contributed by atoms with Gasteiger partial charge in [0, 0.05) is 28.5 Å². The SMILES string of the molecule is CN(C)C1CC[C@@H](S(=O)(=O)c2ccc3[nH]c(=O)c4[nH]cc(C(=O)O)c4c3c2)C1. The highest BCUT2D eigenvalue weighted by Crippen LogP contribution is 2.34. The van der Waals surface area contributed by atoms with E-state index in [1.165, 1.54) is 24.4 Å². The van der Waals surface area contributed by atoms with Gasteiger partial charge in [-0.1, -0.05) is 0 Å². The third-order valence-corrected chi connectivity index (χ3v) is 7.92. The van der Waals surface area contributed by atoms with E-state index in [-0.39, 0.29) is 27.4 Å². The van der Waals surface area contributed by atoms with Gasteiger partial charge in [0.25, 0.3) is 5.56 Å². The normalized spacial score (nSPS) is 20.4. The molecule has 0 aliphatic heterocycles. The molecule has 1 aliphatic rings. The van der Waals surface area contributed by atoms with Crippen LogP contribution in [0.5, 0.6) is 0 Å². The summed E-state index contributed by atoms with van der Waals surface area (Å²) in [4.78, 5) is 31.3. The summed E-state index contributed by atoms with van der Waals surface area (Å²) in [5, 5.41) is 9.60. The average molecular weight is 403 g/mol. The van der Waals surface area contributed by atoms with E-state index in [0.717, 1.165) is 6.42 Å². The molecule has 4 rings (SSSR count). The van der Waals surface area contributed by atoms with Gasteiger partial charge in [0.2, 0.25) is 0 Å². The van der Waals surface area contributed by atoms with Crippen molar-refractivity contribution in [2.24, 2.45) is 0 Å². The predicted octanol–water partition coefficient (Wildman–Crippen LogP) is 1.96. The third-order valence-electron chi connectivity index (χ3n) is 5.70. The molecule has 28 heavy (non-hydrogen) atoms. The van der Waals surface area contributed by atoms with Crippen LogP contribution >= 0.6 is 0 Å². The van der Waals surface area contributed by atoms with E-state index in [9.17, 15) is 23.1 Å². The van der Waals surface area contributed by atoms with Crippen LogP contribution in [0.15, 0.2) is 34.1 Å². The molecule has 1 saturated carbocycles. The van der Waals surface area contributed by atoms with Gasteiger partial charge in [-0.2, -0.15) is 0 Å². The number of H-pyrrole nitrogens is 2. The van der Waals surface area contributed by atoms with Crippen LogP contribution in [0.3, 0.4) is 0 Å². The minimum Gasteiger partial charge on any atom is -0.478 e. The van der Waals surface area contributed by atoms with E-state index < -0.39 is 26.6 Å². The Hall–Kier alpha value is -2.65. The number of carboxylic acids is 1. The van der Waals surface area contributed by atoms with E-state index in [4.69, 9.17) is 0 Å². The van der Waals surface area contributed by atoms with Gasteiger partial charge >= 0.3 is 5.97 Å². The Balaban J connectivity index is 1.89. The summed E-state index contributed by atoms with van der Waals surface area (Å²) in [5.74, 6) is -1.18. The van der Waals surface area contributed by atoms with Crippen LogP contribution in [0.1, 0.15) is 29.6 Å². The van der Waals surface area contributed by atoms with Crippen LogP contribution < -0.4 is 5.56 Å². The second kappa shape index (κ2) is 6.46. The van der Waals surface area contributed by atoms with Crippen LogP contribution in [0, 0.1) is 0 Å². The molecule has 1 aliphatic carbocycles. The lowest BCUT2D eigenvalue weighted by Crippen LogP contribution is -2.27. The van der Waals surface area contributed by atoms with Gasteiger partial charge in [0.1, 0.15) is 5.52 Å². The molecule has 1 unspecified atom stereocenters. The fraction of sp³-hybridized carbons (Fsp3) is 0.368. The molecule has 2 atom stereocenters. The molecule has 1 aromatic carbocycles. The van der Waals surface area contributed by atoms with Crippen LogP contribution in [-0.2, 0) is 9.84 Å². The van der Waals surface area contributed by atoms with Crippen molar-refractivity contribution in [3.05, 3.63) is 40.3 Å². The van der Waals surface area contributed by atoms with E-state index in [1.807, 2.05) is 19.0 Å². The number of fused-ring (bicyclic) bond motifs is 3. The summed E-state index contributed by atoms with van der Waals surface area (Å²) >= 11 is 0. The summed E-state index contributed by atoms with van der Waals surface area (Å²) in [6.45, 7) is 0. The van der Waals surface area contributed by atoms with Crippen LogP contribution in [0.2, 0.25) is 0 Å². The van der Waals surface area contributed by atoms with Gasteiger partial charge in [-0.05, 0) is 51.6 Å². The molecule has 3 N–H and O–H groups in total. The zero-order chi connectivity index (χ0) is 20.2. The van der Waals surface area contributed by atoms with Crippen molar-refractivity contribution < 1.29 is 18.3 Å². The molecule has 0 spiro atoms. The van der Waals surface area contributed by atoms with Crippen molar-refractivity contribution in [1.82, 2.24) is 14.9 Å². The van der Waals surface area contributed by atoms with Gasteiger partial charge in [-0.15, -0.1) is 0 Å². The first-order chi connectivity index (χ1) is 13.2. The number of hydrogen-bond donors (Lipinski definition) is 3. The third kappa shape index (κ3) is 2.82. The maximum atomic E-state index is 13.2. The first kappa shape index (κ1) is 18.7. The van der Waals surface area contributed by atoms with Crippen molar-refractivity contribution in [2.45, 2.75) is 35.4 Å². The number of aromatic amines is 2. The minimum absolute atomic E-state index is 0.0609. The molecular formula is C19H21N3O5S.